The van der Waals surface area contributed by atoms with Crippen molar-refractivity contribution in [2.75, 3.05) is 6.61 Å². The second-order valence-corrected chi connectivity index (χ2v) is 6.37. The zero-order valence-corrected chi connectivity index (χ0v) is 15.7. The van der Waals surface area contributed by atoms with Gasteiger partial charge in [0.2, 0.25) is 0 Å². The van der Waals surface area contributed by atoms with Crippen LogP contribution in [0.4, 0.5) is 4.39 Å². The summed E-state index contributed by atoms with van der Waals surface area (Å²) in [4.78, 5) is 16.6. The van der Waals surface area contributed by atoms with Gasteiger partial charge in [0, 0.05) is 5.69 Å². The fraction of sp³-hybridized carbons (Fsp3) is 0.217. The van der Waals surface area contributed by atoms with E-state index in [9.17, 15) is 9.18 Å². The lowest BCUT2D eigenvalue weighted by Crippen LogP contribution is -2.09. The Bertz CT molecular complexity index is 891. The van der Waals surface area contributed by atoms with Gasteiger partial charge < -0.3 is 9.47 Å². The molecule has 0 saturated carbocycles. The van der Waals surface area contributed by atoms with E-state index in [2.05, 4.69) is 4.98 Å². The molecule has 0 aliphatic rings. The molecule has 1 aromatic heterocycles. The minimum Gasteiger partial charge on any atom is -0.494 e. The second kappa shape index (κ2) is 9.65. The Morgan fingerprint density at radius 2 is 1.64 bits per heavy atom. The highest BCUT2D eigenvalue weighted by molar-refractivity contribution is 5.91. The van der Waals surface area contributed by atoms with E-state index in [-0.39, 0.29) is 5.82 Å². The van der Waals surface area contributed by atoms with Gasteiger partial charge in [-0.1, -0.05) is 19.1 Å². The number of carbonyl (C=O) groups is 1. The van der Waals surface area contributed by atoms with Crippen LogP contribution in [0.25, 0.3) is 0 Å². The van der Waals surface area contributed by atoms with Crippen LogP contribution in [0, 0.1) is 5.82 Å². The van der Waals surface area contributed by atoms with Gasteiger partial charge in [-0.3, -0.25) is 4.98 Å². The average molecular weight is 379 g/mol. The van der Waals surface area contributed by atoms with Crippen LogP contribution in [0.3, 0.4) is 0 Å². The summed E-state index contributed by atoms with van der Waals surface area (Å²) in [7, 11) is 0. The number of aromatic nitrogens is 1. The van der Waals surface area contributed by atoms with Gasteiger partial charge in [0.15, 0.2) is 0 Å². The maximum absolute atomic E-state index is 12.9. The molecule has 144 valence electrons. The van der Waals surface area contributed by atoms with Crippen molar-refractivity contribution in [3.05, 3.63) is 89.5 Å². The van der Waals surface area contributed by atoms with Crippen LogP contribution < -0.4 is 9.47 Å². The third kappa shape index (κ3) is 5.64. The average Bonchev–Trinajstić information content (AvgIpc) is 2.73. The molecule has 3 aromatic rings. The third-order valence-corrected chi connectivity index (χ3v) is 4.15. The highest BCUT2D eigenvalue weighted by atomic mass is 19.1. The lowest BCUT2D eigenvalue weighted by atomic mass is 10.1. The van der Waals surface area contributed by atoms with Crippen LogP contribution in [0.15, 0.2) is 66.9 Å². The molecule has 0 amide bonds. The Labute approximate surface area is 164 Å². The summed E-state index contributed by atoms with van der Waals surface area (Å²) >= 11 is 0. The summed E-state index contributed by atoms with van der Waals surface area (Å²) in [5.41, 5.74) is 2.37. The Kier molecular flexibility index (Phi) is 6.73. The van der Waals surface area contributed by atoms with Gasteiger partial charge in [-0.25, -0.2) is 9.18 Å². The molecular formula is C23H22FNO3. The van der Waals surface area contributed by atoms with Gasteiger partial charge in [-0.2, -0.15) is 0 Å². The molecule has 0 bridgehead atoms. The second-order valence-electron chi connectivity index (χ2n) is 6.37. The first-order valence-corrected chi connectivity index (χ1v) is 9.28. The lowest BCUT2D eigenvalue weighted by molar-refractivity contribution is 0.0734. The summed E-state index contributed by atoms with van der Waals surface area (Å²) in [6.45, 7) is 2.68. The molecule has 0 saturated heterocycles. The molecule has 0 unspecified atom stereocenters. The molecule has 0 aliphatic carbocycles. The van der Waals surface area contributed by atoms with Gasteiger partial charge in [-0.05, 0) is 73.4 Å². The number of hydrogen-bond acceptors (Lipinski definition) is 4. The number of benzene rings is 2. The molecular weight excluding hydrogens is 357 g/mol. The number of pyridine rings is 1. The zero-order valence-electron chi connectivity index (χ0n) is 15.7. The molecule has 0 spiro atoms. The fourth-order valence-electron chi connectivity index (χ4n) is 2.62. The maximum Gasteiger partial charge on any atom is 0.343 e. The van der Waals surface area contributed by atoms with Gasteiger partial charge >= 0.3 is 5.97 Å². The van der Waals surface area contributed by atoms with Gasteiger partial charge in [-0.15, -0.1) is 0 Å². The van der Waals surface area contributed by atoms with Crippen LogP contribution >= 0.6 is 0 Å². The van der Waals surface area contributed by atoms with E-state index < -0.39 is 5.97 Å². The Balaban J connectivity index is 1.53. The molecule has 1 heterocycles. The van der Waals surface area contributed by atoms with E-state index >= 15 is 0 Å². The van der Waals surface area contributed by atoms with E-state index in [1.54, 1.807) is 42.5 Å². The van der Waals surface area contributed by atoms with Crippen LogP contribution in [0.1, 0.15) is 35.0 Å². The monoisotopic (exact) mass is 379 g/mol. The van der Waals surface area contributed by atoms with Crippen LogP contribution in [0.2, 0.25) is 0 Å². The quantitative estimate of drug-likeness (QED) is 0.516. The highest BCUT2D eigenvalue weighted by Crippen LogP contribution is 2.16. The Hall–Kier alpha value is -3.21. The minimum absolute atomic E-state index is 0.240. The minimum atomic E-state index is -0.442. The van der Waals surface area contributed by atoms with E-state index in [0.717, 1.165) is 36.3 Å². The van der Waals surface area contributed by atoms with Crippen molar-refractivity contribution in [1.29, 1.82) is 0 Å². The number of ether oxygens (including phenoxy) is 2. The number of esters is 1. The van der Waals surface area contributed by atoms with Gasteiger partial charge in [0.1, 0.15) is 17.3 Å². The number of carbonyl (C=O) groups excluding carboxylic acids is 1. The van der Waals surface area contributed by atoms with E-state index in [4.69, 9.17) is 9.47 Å². The van der Waals surface area contributed by atoms with E-state index in [1.165, 1.54) is 18.3 Å². The molecule has 3 rings (SSSR count). The van der Waals surface area contributed by atoms with Crippen LogP contribution in [0.5, 0.6) is 11.5 Å². The summed E-state index contributed by atoms with van der Waals surface area (Å²) < 4.78 is 23.8. The fourth-order valence-corrected chi connectivity index (χ4v) is 2.62. The summed E-state index contributed by atoms with van der Waals surface area (Å²) in [5.74, 6) is 0.437. The first-order chi connectivity index (χ1) is 13.6. The lowest BCUT2D eigenvalue weighted by Gasteiger charge is -2.07. The highest BCUT2D eigenvalue weighted by Gasteiger charge is 2.09. The van der Waals surface area contributed by atoms with E-state index in [0.29, 0.717) is 17.9 Å². The summed E-state index contributed by atoms with van der Waals surface area (Å²) in [6, 6.07) is 16.9. The number of halogens is 1. The topological polar surface area (TPSA) is 48.4 Å². The predicted molar refractivity (Wildman–Crippen MR) is 105 cm³/mol. The van der Waals surface area contributed by atoms with Crippen LogP contribution in [-0.2, 0) is 12.8 Å². The van der Waals surface area contributed by atoms with Crippen molar-refractivity contribution in [2.45, 2.75) is 26.2 Å². The Morgan fingerprint density at radius 1 is 0.929 bits per heavy atom. The number of aryl methyl sites for hydroxylation is 2. The third-order valence-electron chi connectivity index (χ3n) is 4.15. The maximum atomic E-state index is 12.9. The van der Waals surface area contributed by atoms with Crippen molar-refractivity contribution in [3.8, 4) is 11.5 Å². The molecule has 28 heavy (non-hydrogen) atoms. The molecule has 0 fully saturated rings. The molecule has 4 nitrogen and oxygen atoms in total. The van der Waals surface area contributed by atoms with Gasteiger partial charge in [0.25, 0.3) is 0 Å². The van der Waals surface area contributed by atoms with Crippen molar-refractivity contribution < 1.29 is 18.7 Å². The Morgan fingerprint density at radius 3 is 2.29 bits per heavy atom. The standard InChI is InChI=1S/C23H22FNO3/c1-2-15-27-21-12-6-18(7-13-21)23(26)28-22-14-11-20(25-16-22)10-5-17-3-8-19(24)9-4-17/h3-4,6-9,11-14,16H,2,5,10,15H2,1H3. The number of nitrogens with zero attached hydrogens (tertiary/aromatic N) is 1. The van der Waals surface area contributed by atoms with Crippen LogP contribution in [-0.4, -0.2) is 17.6 Å². The smallest absolute Gasteiger partial charge is 0.343 e. The van der Waals surface area contributed by atoms with E-state index in [1.807, 2.05) is 13.0 Å². The molecule has 0 radical (unpaired) electrons. The molecule has 2 aromatic carbocycles. The summed E-state index contributed by atoms with van der Waals surface area (Å²) in [6.07, 6.45) is 3.95. The van der Waals surface area contributed by atoms with Crippen molar-refractivity contribution >= 4 is 5.97 Å². The molecule has 0 aliphatic heterocycles. The summed E-state index contributed by atoms with van der Waals surface area (Å²) in [5, 5.41) is 0. The zero-order chi connectivity index (χ0) is 19.8. The number of rotatable bonds is 8. The first-order valence-electron chi connectivity index (χ1n) is 9.28. The predicted octanol–water partition coefficient (Wildman–Crippen LogP) is 5.01. The SMILES string of the molecule is CCCOc1ccc(C(=O)Oc2ccc(CCc3ccc(F)cc3)nc2)cc1. The molecule has 0 N–H and O–H groups in total. The molecule has 0 atom stereocenters. The van der Waals surface area contributed by atoms with Crippen molar-refractivity contribution in [3.63, 3.8) is 0 Å². The van der Waals surface area contributed by atoms with Crippen molar-refractivity contribution in [2.24, 2.45) is 0 Å². The van der Waals surface area contributed by atoms with Crippen molar-refractivity contribution in [1.82, 2.24) is 4.98 Å². The number of hydrogen-bond donors (Lipinski definition) is 0. The molecule has 5 heteroatoms. The normalized spacial score (nSPS) is 10.5. The largest absolute Gasteiger partial charge is 0.494 e. The van der Waals surface area contributed by atoms with Gasteiger partial charge in [0.05, 0.1) is 18.4 Å². The first kappa shape index (κ1) is 19.5.